The van der Waals surface area contributed by atoms with Crippen molar-refractivity contribution >= 4 is 0 Å². The minimum Gasteiger partial charge on any atom is -0.389 e. The van der Waals surface area contributed by atoms with Crippen molar-refractivity contribution < 1.29 is 14.2 Å². The van der Waals surface area contributed by atoms with E-state index in [9.17, 15) is 9.50 Å². The van der Waals surface area contributed by atoms with E-state index in [1.807, 2.05) is 13.0 Å². The molecule has 1 unspecified atom stereocenters. The summed E-state index contributed by atoms with van der Waals surface area (Å²) < 4.78 is 18.3. The number of hydrogen-bond acceptors (Lipinski definition) is 3. The third-order valence-electron chi connectivity index (χ3n) is 2.42. The van der Waals surface area contributed by atoms with Gasteiger partial charge in [-0.05, 0) is 31.5 Å². The third kappa shape index (κ3) is 5.77. The molecule has 0 bridgehead atoms. The van der Waals surface area contributed by atoms with E-state index in [1.165, 1.54) is 6.07 Å². The van der Waals surface area contributed by atoms with Crippen LogP contribution in [0.5, 0.6) is 0 Å². The lowest BCUT2D eigenvalue weighted by Gasteiger charge is -2.11. The van der Waals surface area contributed by atoms with E-state index < -0.39 is 6.10 Å². The average Bonchev–Trinajstić information content (AvgIpc) is 2.34. The van der Waals surface area contributed by atoms with Crippen molar-refractivity contribution in [1.29, 1.82) is 0 Å². The van der Waals surface area contributed by atoms with Crippen LogP contribution in [0.15, 0.2) is 24.3 Å². The first-order valence-electron chi connectivity index (χ1n) is 5.94. The fraction of sp³-hybridized carbons (Fsp3) is 0.538. The predicted octanol–water partition coefficient (Wildman–Crippen LogP) is 1.36. The van der Waals surface area contributed by atoms with Crippen molar-refractivity contribution in [1.82, 2.24) is 5.32 Å². The maximum absolute atomic E-state index is 13.2. The maximum atomic E-state index is 13.2. The van der Waals surface area contributed by atoms with Crippen LogP contribution < -0.4 is 5.32 Å². The highest BCUT2D eigenvalue weighted by Crippen LogP contribution is 2.05. The second-order valence-electron chi connectivity index (χ2n) is 3.86. The number of hydrogen-bond donors (Lipinski definition) is 2. The lowest BCUT2D eigenvalue weighted by molar-refractivity contribution is 0.0430. The summed E-state index contributed by atoms with van der Waals surface area (Å²) in [5, 5.41) is 12.5. The molecule has 0 amide bonds. The zero-order chi connectivity index (χ0) is 12.5. The van der Waals surface area contributed by atoms with Crippen LogP contribution in [0.1, 0.15) is 12.5 Å². The van der Waals surface area contributed by atoms with E-state index in [0.717, 1.165) is 0 Å². The van der Waals surface area contributed by atoms with Crippen molar-refractivity contribution in [3.8, 4) is 0 Å². The molecule has 0 saturated carbocycles. The summed E-state index contributed by atoms with van der Waals surface area (Å²) in [6.07, 6.45) is 0.115. The van der Waals surface area contributed by atoms with Gasteiger partial charge in [-0.2, -0.15) is 0 Å². The molecule has 0 fully saturated rings. The highest BCUT2D eigenvalue weighted by molar-refractivity contribution is 5.17. The fourth-order valence-electron chi connectivity index (χ4n) is 1.51. The van der Waals surface area contributed by atoms with E-state index in [2.05, 4.69) is 5.32 Å². The highest BCUT2D eigenvalue weighted by atomic mass is 19.1. The first kappa shape index (κ1) is 14.1. The summed E-state index contributed by atoms with van der Waals surface area (Å²) in [4.78, 5) is 0. The number of nitrogens with one attached hydrogen (secondary N) is 1. The molecule has 3 nitrogen and oxygen atoms in total. The van der Waals surface area contributed by atoms with Gasteiger partial charge in [-0.25, -0.2) is 4.39 Å². The monoisotopic (exact) mass is 241 g/mol. The summed E-state index contributed by atoms with van der Waals surface area (Å²) in [6.45, 7) is 3.94. The summed E-state index contributed by atoms with van der Waals surface area (Å²) in [6, 6.07) is 6.73. The Labute approximate surface area is 102 Å². The molecule has 96 valence electrons. The topological polar surface area (TPSA) is 41.5 Å². The molecule has 1 aromatic carbocycles. The zero-order valence-corrected chi connectivity index (χ0v) is 10.2. The number of aliphatic hydroxyl groups is 1. The Hall–Kier alpha value is -0.970. The molecule has 2 N–H and O–H groups in total. The smallest absolute Gasteiger partial charge is 0.126 e. The van der Waals surface area contributed by atoms with E-state index in [-0.39, 0.29) is 5.82 Å². The van der Waals surface area contributed by atoms with Gasteiger partial charge in [-0.1, -0.05) is 18.2 Å². The molecular weight excluding hydrogens is 221 g/mol. The summed E-state index contributed by atoms with van der Waals surface area (Å²) in [5.74, 6) is -0.177. The van der Waals surface area contributed by atoms with E-state index >= 15 is 0 Å². The standard InChI is InChI=1S/C13H20FNO2/c1-2-17-10-12(16)9-15-8-7-11-5-3-4-6-13(11)14/h3-6,12,15-16H,2,7-10H2,1H3. The first-order chi connectivity index (χ1) is 8.24. The molecule has 17 heavy (non-hydrogen) atoms. The Morgan fingerprint density at radius 1 is 1.41 bits per heavy atom. The lowest BCUT2D eigenvalue weighted by Crippen LogP contribution is -2.31. The van der Waals surface area contributed by atoms with Gasteiger partial charge in [0, 0.05) is 13.2 Å². The third-order valence-corrected chi connectivity index (χ3v) is 2.42. The fourth-order valence-corrected chi connectivity index (χ4v) is 1.51. The van der Waals surface area contributed by atoms with Crippen molar-refractivity contribution in [3.05, 3.63) is 35.6 Å². The molecule has 0 aliphatic heterocycles. The molecule has 0 saturated heterocycles. The summed E-state index contributed by atoms with van der Waals surface area (Å²) in [7, 11) is 0. The van der Waals surface area contributed by atoms with Crippen molar-refractivity contribution in [3.63, 3.8) is 0 Å². The SMILES string of the molecule is CCOCC(O)CNCCc1ccccc1F. The van der Waals surface area contributed by atoms with Gasteiger partial charge in [0.05, 0.1) is 12.7 Å². The number of aliphatic hydroxyl groups excluding tert-OH is 1. The molecule has 4 heteroatoms. The maximum Gasteiger partial charge on any atom is 0.126 e. The average molecular weight is 241 g/mol. The van der Waals surface area contributed by atoms with Gasteiger partial charge in [0.1, 0.15) is 5.82 Å². The quantitative estimate of drug-likeness (QED) is 0.675. The molecule has 0 spiro atoms. The normalized spacial score (nSPS) is 12.6. The van der Waals surface area contributed by atoms with Crippen LogP contribution in [-0.2, 0) is 11.2 Å². The molecule has 0 radical (unpaired) electrons. The van der Waals surface area contributed by atoms with Crippen LogP contribution in [0.25, 0.3) is 0 Å². The number of rotatable bonds is 8. The molecule has 1 atom stereocenters. The largest absolute Gasteiger partial charge is 0.389 e. The van der Waals surface area contributed by atoms with E-state index in [0.29, 0.717) is 38.3 Å². The predicted molar refractivity (Wildman–Crippen MR) is 65.5 cm³/mol. The number of halogens is 1. The van der Waals surface area contributed by atoms with Crippen molar-refractivity contribution in [2.75, 3.05) is 26.3 Å². The zero-order valence-electron chi connectivity index (χ0n) is 10.2. The van der Waals surface area contributed by atoms with Crippen LogP contribution in [0, 0.1) is 5.82 Å². The Balaban J connectivity index is 2.14. The van der Waals surface area contributed by atoms with Gasteiger partial charge in [0.2, 0.25) is 0 Å². The molecular formula is C13H20FNO2. The Bertz CT molecular complexity index is 320. The second-order valence-corrected chi connectivity index (χ2v) is 3.86. The minimum absolute atomic E-state index is 0.177. The van der Waals surface area contributed by atoms with Crippen LogP contribution in [0.3, 0.4) is 0 Å². The molecule has 1 rings (SSSR count). The van der Waals surface area contributed by atoms with Crippen molar-refractivity contribution in [2.24, 2.45) is 0 Å². The number of benzene rings is 1. The Kier molecular flexibility index (Phi) is 6.77. The molecule has 0 aliphatic carbocycles. The summed E-state index contributed by atoms with van der Waals surface area (Å²) >= 11 is 0. The van der Waals surface area contributed by atoms with Gasteiger partial charge in [-0.3, -0.25) is 0 Å². The Morgan fingerprint density at radius 3 is 2.88 bits per heavy atom. The van der Waals surface area contributed by atoms with E-state index in [4.69, 9.17) is 4.74 Å². The van der Waals surface area contributed by atoms with Gasteiger partial charge in [0.15, 0.2) is 0 Å². The van der Waals surface area contributed by atoms with Gasteiger partial charge < -0.3 is 15.2 Å². The summed E-state index contributed by atoms with van der Waals surface area (Å²) in [5.41, 5.74) is 0.694. The molecule has 0 aromatic heterocycles. The van der Waals surface area contributed by atoms with Crippen LogP contribution in [-0.4, -0.2) is 37.5 Å². The highest BCUT2D eigenvalue weighted by Gasteiger charge is 2.04. The number of ether oxygens (including phenoxy) is 1. The van der Waals surface area contributed by atoms with Crippen molar-refractivity contribution in [2.45, 2.75) is 19.4 Å². The van der Waals surface area contributed by atoms with Crippen LogP contribution in [0.2, 0.25) is 0 Å². The minimum atomic E-state index is -0.504. The first-order valence-corrected chi connectivity index (χ1v) is 5.94. The molecule has 1 aromatic rings. The van der Waals surface area contributed by atoms with Gasteiger partial charge in [0.25, 0.3) is 0 Å². The molecule has 0 heterocycles. The second kappa shape index (κ2) is 8.17. The lowest BCUT2D eigenvalue weighted by atomic mass is 10.1. The van der Waals surface area contributed by atoms with E-state index in [1.54, 1.807) is 12.1 Å². The Morgan fingerprint density at radius 2 is 2.18 bits per heavy atom. The molecule has 0 aliphatic rings. The van der Waals surface area contributed by atoms with Gasteiger partial charge >= 0.3 is 0 Å². The van der Waals surface area contributed by atoms with Crippen LogP contribution >= 0.6 is 0 Å². The van der Waals surface area contributed by atoms with Gasteiger partial charge in [-0.15, -0.1) is 0 Å². The van der Waals surface area contributed by atoms with Crippen LogP contribution in [0.4, 0.5) is 4.39 Å².